The van der Waals surface area contributed by atoms with Crippen molar-refractivity contribution in [3.8, 4) is 5.75 Å². The number of hydrogen-bond acceptors (Lipinski definition) is 4. The molecule has 1 amide bonds. The fraction of sp³-hybridized carbons (Fsp3) is 0.474. The Bertz CT molecular complexity index is 805. The van der Waals surface area contributed by atoms with Crippen LogP contribution in [0.1, 0.15) is 18.4 Å². The van der Waals surface area contributed by atoms with E-state index >= 15 is 0 Å². The second-order valence-electron chi connectivity index (χ2n) is 6.96. The summed E-state index contributed by atoms with van der Waals surface area (Å²) in [5.41, 5.74) is 2.15. The zero-order valence-electron chi connectivity index (χ0n) is 14.5. The lowest BCUT2D eigenvalue weighted by Crippen LogP contribution is -2.45. The van der Waals surface area contributed by atoms with Crippen molar-refractivity contribution in [2.45, 2.75) is 25.8 Å². The van der Waals surface area contributed by atoms with Gasteiger partial charge in [-0.1, -0.05) is 0 Å². The van der Waals surface area contributed by atoms with Crippen molar-refractivity contribution in [3.63, 3.8) is 0 Å². The number of methoxy groups -OCH3 is 1. The number of piperidine rings is 1. The summed E-state index contributed by atoms with van der Waals surface area (Å²) in [6.07, 6.45) is 2.08. The first kappa shape index (κ1) is 15.2. The molecule has 0 aliphatic carbocycles. The van der Waals surface area contributed by atoms with Gasteiger partial charge in [0.05, 0.1) is 18.5 Å². The fourth-order valence-electron chi connectivity index (χ4n) is 4.00. The minimum absolute atomic E-state index is 0.0943. The maximum atomic E-state index is 12.4. The first-order valence-corrected chi connectivity index (χ1v) is 8.54. The van der Waals surface area contributed by atoms with Crippen LogP contribution in [0.2, 0.25) is 0 Å². The van der Waals surface area contributed by atoms with E-state index in [2.05, 4.69) is 24.0 Å². The van der Waals surface area contributed by atoms with Crippen molar-refractivity contribution in [2.24, 2.45) is 5.92 Å². The summed E-state index contributed by atoms with van der Waals surface area (Å²) >= 11 is 0. The predicted octanol–water partition coefficient (Wildman–Crippen LogP) is 2.61. The zero-order valence-corrected chi connectivity index (χ0v) is 14.5. The number of amides is 1. The van der Waals surface area contributed by atoms with Crippen LogP contribution in [0, 0.1) is 12.8 Å². The Morgan fingerprint density at radius 2 is 2.04 bits per heavy atom. The fourth-order valence-corrected chi connectivity index (χ4v) is 4.00. The number of hydrogen-bond donors (Lipinski definition) is 0. The highest BCUT2D eigenvalue weighted by Gasteiger charge is 2.39. The molecule has 0 radical (unpaired) electrons. The molecule has 3 fully saturated rings. The number of benzene rings is 1. The number of anilines is 1. The molecule has 0 N–H and O–H groups in total. The molecule has 0 saturated carbocycles. The van der Waals surface area contributed by atoms with Gasteiger partial charge >= 0.3 is 0 Å². The van der Waals surface area contributed by atoms with E-state index in [4.69, 9.17) is 9.72 Å². The molecule has 2 bridgehead atoms. The second kappa shape index (κ2) is 5.65. The van der Waals surface area contributed by atoms with E-state index in [1.165, 1.54) is 5.56 Å². The predicted molar refractivity (Wildman–Crippen MR) is 94.5 cm³/mol. The summed E-state index contributed by atoms with van der Waals surface area (Å²) in [5, 5.41) is 1.14. The molecule has 24 heavy (non-hydrogen) atoms. The number of pyridine rings is 1. The van der Waals surface area contributed by atoms with Crippen LogP contribution in [0.3, 0.4) is 0 Å². The molecular formula is C19H23N3O2. The Morgan fingerprint density at radius 3 is 2.83 bits per heavy atom. The van der Waals surface area contributed by atoms with Gasteiger partial charge in [0.1, 0.15) is 11.6 Å². The van der Waals surface area contributed by atoms with E-state index in [0.717, 1.165) is 48.4 Å². The van der Waals surface area contributed by atoms with Gasteiger partial charge in [-0.25, -0.2) is 4.98 Å². The Hall–Kier alpha value is -2.30. The first-order valence-electron chi connectivity index (χ1n) is 8.54. The van der Waals surface area contributed by atoms with E-state index < -0.39 is 0 Å². The monoisotopic (exact) mass is 325 g/mol. The molecule has 3 aliphatic rings. The maximum absolute atomic E-state index is 12.4. The largest absolute Gasteiger partial charge is 0.497 e. The Labute approximate surface area is 142 Å². The van der Waals surface area contributed by atoms with E-state index in [1.54, 1.807) is 7.11 Å². The van der Waals surface area contributed by atoms with Crippen LogP contribution < -0.4 is 9.64 Å². The van der Waals surface area contributed by atoms with Crippen LogP contribution in [-0.2, 0) is 4.79 Å². The lowest BCUT2D eigenvalue weighted by atomic mass is 9.95. The maximum Gasteiger partial charge on any atom is 0.227 e. The topological polar surface area (TPSA) is 45.7 Å². The summed E-state index contributed by atoms with van der Waals surface area (Å²) < 4.78 is 5.33. The summed E-state index contributed by atoms with van der Waals surface area (Å²) in [5.74, 6) is 2.16. The SMILES string of the molecule is COc1ccc2c(C)cc(N3C[C@@H]4CC[C@H](C3)N(C)C4=O)nc2c1. The van der Waals surface area contributed by atoms with Gasteiger partial charge in [0.2, 0.25) is 5.91 Å². The molecule has 5 nitrogen and oxygen atoms in total. The number of fused-ring (bicyclic) bond motifs is 5. The number of likely N-dealkylation sites (N-methyl/N-ethyl adjacent to an activating group) is 1. The van der Waals surface area contributed by atoms with Crippen LogP contribution in [0.4, 0.5) is 5.82 Å². The Kier molecular flexibility index (Phi) is 3.59. The van der Waals surface area contributed by atoms with E-state index in [1.807, 2.05) is 24.1 Å². The molecule has 1 aromatic heterocycles. The zero-order chi connectivity index (χ0) is 16.8. The number of ether oxygens (including phenoxy) is 1. The standard InChI is InChI=1S/C19H23N3O2/c1-12-8-18(20-17-9-15(24-3)6-7-16(12)17)22-10-13-4-5-14(11-22)21(2)19(13)23/h6-9,13-14H,4-5,10-11H2,1-3H3/t13-,14+/m0/s1. The lowest BCUT2D eigenvalue weighted by molar-refractivity contribution is -0.138. The molecular weight excluding hydrogens is 302 g/mol. The number of rotatable bonds is 2. The average Bonchev–Trinajstić information content (AvgIpc) is 2.88. The van der Waals surface area contributed by atoms with Crippen molar-refractivity contribution < 1.29 is 9.53 Å². The molecule has 2 atom stereocenters. The van der Waals surface area contributed by atoms with Gasteiger partial charge in [-0.05, 0) is 43.5 Å². The number of carbonyl (C=O) groups excluding carboxylic acids is 1. The number of aryl methyl sites for hydroxylation is 1. The Morgan fingerprint density at radius 1 is 1.21 bits per heavy atom. The third-order valence-corrected chi connectivity index (χ3v) is 5.50. The quantitative estimate of drug-likeness (QED) is 0.851. The van der Waals surface area contributed by atoms with Crippen LogP contribution in [-0.4, -0.2) is 49.1 Å². The molecule has 1 aromatic carbocycles. The van der Waals surface area contributed by atoms with Crippen molar-refractivity contribution in [2.75, 3.05) is 32.1 Å². The summed E-state index contributed by atoms with van der Waals surface area (Å²) in [4.78, 5) is 21.5. The number of nitrogens with zero attached hydrogens (tertiary/aromatic N) is 3. The van der Waals surface area contributed by atoms with Crippen LogP contribution in [0.25, 0.3) is 10.9 Å². The van der Waals surface area contributed by atoms with E-state index in [-0.39, 0.29) is 11.8 Å². The van der Waals surface area contributed by atoms with Gasteiger partial charge < -0.3 is 14.5 Å². The second-order valence-corrected chi connectivity index (χ2v) is 6.96. The summed E-state index contributed by atoms with van der Waals surface area (Å²) in [6, 6.07) is 8.44. The minimum atomic E-state index is 0.0943. The molecule has 4 heterocycles. The molecule has 2 aromatic rings. The molecule has 5 heteroatoms. The minimum Gasteiger partial charge on any atom is -0.497 e. The molecule has 5 rings (SSSR count). The Balaban J connectivity index is 1.75. The summed E-state index contributed by atoms with van der Waals surface area (Å²) in [6.45, 7) is 3.74. The van der Waals surface area contributed by atoms with Gasteiger partial charge in [-0.15, -0.1) is 0 Å². The highest BCUT2D eigenvalue weighted by Crippen LogP contribution is 2.32. The van der Waals surface area contributed by atoms with Crippen molar-refractivity contribution >= 4 is 22.6 Å². The van der Waals surface area contributed by atoms with Gasteiger partial charge in [-0.3, -0.25) is 4.79 Å². The van der Waals surface area contributed by atoms with Gasteiger partial charge in [0, 0.05) is 37.6 Å². The molecule has 0 spiro atoms. The third kappa shape index (κ3) is 2.39. The normalized spacial score (nSPS) is 23.7. The number of carbonyl (C=O) groups is 1. The van der Waals surface area contributed by atoms with Crippen LogP contribution >= 0.6 is 0 Å². The van der Waals surface area contributed by atoms with E-state index in [9.17, 15) is 4.79 Å². The first-order chi connectivity index (χ1) is 11.6. The average molecular weight is 325 g/mol. The van der Waals surface area contributed by atoms with Crippen molar-refractivity contribution in [1.29, 1.82) is 0 Å². The molecule has 0 unspecified atom stereocenters. The van der Waals surface area contributed by atoms with Gasteiger partial charge in [-0.2, -0.15) is 0 Å². The highest BCUT2D eigenvalue weighted by atomic mass is 16.5. The molecule has 126 valence electrons. The van der Waals surface area contributed by atoms with Gasteiger partial charge in [0.15, 0.2) is 0 Å². The van der Waals surface area contributed by atoms with E-state index in [0.29, 0.717) is 6.04 Å². The smallest absolute Gasteiger partial charge is 0.227 e. The van der Waals surface area contributed by atoms with Crippen molar-refractivity contribution in [1.82, 2.24) is 9.88 Å². The van der Waals surface area contributed by atoms with Crippen LogP contribution in [0.5, 0.6) is 5.75 Å². The van der Waals surface area contributed by atoms with Crippen molar-refractivity contribution in [3.05, 3.63) is 29.8 Å². The summed E-state index contributed by atoms with van der Waals surface area (Å²) in [7, 11) is 3.61. The van der Waals surface area contributed by atoms with Crippen LogP contribution in [0.15, 0.2) is 24.3 Å². The third-order valence-electron chi connectivity index (χ3n) is 5.50. The highest BCUT2D eigenvalue weighted by molar-refractivity contribution is 5.86. The number of aromatic nitrogens is 1. The molecule has 3 aliphatic heterocycles. The van der Waals surface area contributed by atoms with Gasteiger partial charge in [0.25, 0.3) is 0 Å². The lowest BCUT2D eigenvalue weighted by Gasteiger charge is -2.32. The molecule has 3 saturated heterocycles.